The van der Waals surface area contributed by atoms with Crippen molar-refractivity contribution in [2.75, 3.05) is 6.61 Å². The van der Waals surface area contributed by atoms with Gasteiger partial charge in [-0.25, -0.2) is 17.2 Å². The fourth-order valence-corrected chi connectivity index (χ4v) is 5.45. The van der Waals surface area contributed by atoms with Gasteiger partial charge in [0.2, 0.25) is 6.43 Å². The summed E-state index contributed by atoms with van der Waals surface area (Å²) in [6, 6.07) is 10.7. The minimum atomic E-state index is -4.60. The Labute approximate surface area is 198 Å². The maximum absolute atomic E-state index is 13.3. The molecule has 0 bridgehead atoms. The van der Waals surface area contributed by atoms with Crippen LogP contribution in [0.4, 0.5) is 22.0 Å². The number of hydrogen-bond donors (Lipinski definition) is 0. The average Bonchev–Trinajstić information content (AvgIpc) is 2.81. The summed E-state index contributed by atoms with van der Waals surface area (Å²) in [7, 11) is -3.77. The Hall–Kier alpha value is -3.08. The van der Waals surface area contributed by atoms with E-state index in [-0.39, 0.29) is 34.9 Å². The van der Waals surface area contributed by atoms with Gasteiger partial charge in [0.1, 0.15) is 5.75 Å². The molecule has 1 aromatic heterocycles. The monoisotopic (exact) mass is 512 g/mol. The van der Waals surface area contributed by atoms with Crippen LogP contribution in [0.3, 0.4) is 0 Å². The molecule has 1 aliphatic heterocycles. The fourth-order valence-electron chi connectivity index (χ4n) is 4.18. The Kier molecular flexibility index (Phi) is 7.07. The number of fused-ring (bicyclic) bond motifs is 1. The smallest absolute Gasteiger partial charge is 0.416 e. The lowest BCUT2D eigenvalue weighted by atomic mass is 9.82. The summed E-state index contributed by atoms with van der Waals surface area (Å²) in [4.78, 5) is 0.00731. The largest absolute Gasteiger partial charge is 0.493 e. The highest BCUT2D eigenvalue weighted by molar-refractivity contribution is 7.90. The Morgan fingerprint density at radius 2 is 1.83 bits per heavy atom. The number of halogens is 5. The molecule has 0 amide bonds. The molecule has 0 saturated heterocycles. The molecular formula is C24H21F5N2O3S. The molecular weight excluding hydrogens is 491 g/mol. The van der Waals surface area contributed by atoms with Gasteiger partial charge in [0, 0.05) is 24.1 Å². The molecule has 35 heavy (non-hydrogen) atoms. The van der Waals surface area contributed by atoms with E-state index in [4.69, 9.17) is 4.74 Å². The van der Waals surface area contributed by atoms with Gasteiger partial charge in [0.05, 0.1) is 28.5 Å². The van der Waals surface area contributed by atoms with Gasteiger partial charge in [-0.15, -0.1) is 0 Å². The second-order valence-corrected chi connectivity index (χ2v) is 10.2. The van der Waals surface area contributed by atoms with Crippen LogP contribution in [-0.4, -0.2) is 31.6 Å². The molecule has 0 unspecified atom stereocenters. The maximum Gasteiger partial charge on any atom is 0.416 e. The van der Waals surface area contributed by atoms with Crippen molar-refractivity contribution in [1.29, 1.82) is 0 Å². The number of aromatic nitrogens is 2. The van der Waals surface area contributed by atoms with Crippen molar-refractivity contribution in [3.8, 4) is 5.75 Å². The van der Waals surface area contributed by atoms with Gasteiger partial charge in [-0.1, -0.05) is 12.1 Å². The summed E-state index contributed by atoms with van der Waals surface area (Å²) in [6.45, 7) is 0.195. The second kappa shape index (κ2) is 9.88. The van der Waals surface area contributed by atoms with Crippen LogP contribution in [-0.2, 0) is 28.2 Å². The van der Waals surface area contributed by atoms with Crippen LogP contribution in [0.5, 0.6) is 5.75 Å². The lowest BCUT2D eigenvalue weighted by molar-refractivity contribution is -0.137. The lowest BCUT2D eigenvalue weighted by Gasteiger charge is -2.29. The number of benzene rings is 2. The molecule has 11 heteroatoms. The highest BCUT2D eigenvalue weighted by Crippen LogP contribution is 2.42. The number of rotatable bonds is 7. The molecule has 0 radical (unpaired) electrons. The minimum Gasteiger partial charge on any atom is -0.493 e. The summed E-state index contributed by atoms with van der Waals surface area (Å²) < 4.78 is 97.0. The molecule has 2 heterocycles. The number of alkyl halides is 5. The molecule has 5 nitrogen and oxygen atoms in total. The van der Waals surface area contributed by atoms with Crippen LogP contribution in [0.2, 0.25) is 0 Å². The first-order valence-corrected chi connectivity index (χ1v) is 12.4. The van der Waals surface area contributed by atoms with E-state index >= 15 is 0 Å². The van der Waals surface area contributed by atoms with Gasteiger partial charge in [-0.3, -0.25) is 0 Å². The Balaban J connectivity index is 1.69. The summed E-state index contributed by atoms with van der Waals surface area (Å²) in [6.07, 6.45) is -6.19. The van der Waals surface area contributed by atoms with Crippen molar-refractivity contribution in [2.45, 2.75) is 48.4 Å². The van der Waals surface area contributed by atoms with Crippen LogP contribution in [0, 0.1) is 0 Å². The van der Waals surface area contributed by atoms with Gasteiger partial charge in [0.15, 0.2) is 9.84 Å². The standard InChI is InChI=1S/C24H21F5N2O3S/c25-23(26)8-3-15-12-16(24(27,28)29)4-6-19(15)20-9-11-34-22-13-18(5-7-21(20)22)35(32,33)14-17-2-1-10-30-31-17/h1-2,4-7,10,12-13,20,23H,3,8-9,11,14H2/t20-/m1/s1. The Morgan fingerprint density at radius 3 is 2.51 bits per heavy atom. The zero-order chi connectivity index (χ0) is 25.2. The van der Waals surface area contributed by atoms with Gasteiger partial charge >= 0.3 is 6.18 Å². The van der Waals surface area contributed by atoms with E-state index < -0.39 is 40.3 Å². The number of sulfone groups is 1. The van der Waals surface area contributed by atoms with Crippen molar-refractivity contribution >= 4 is 9.84 Å². The highest BCUT2D eigenvalue weighted by atomic mass is 32.2. The lowest BCUT2D eigenvalue weighted by Crippen LogP contribution is -2.18. The number of ether oxygens (including phenoxy) is 1. The molecule has 0 fully saturated rings. The van der Waals surface area contributed by atoms with Crippen molar-refractivity contribution in [2.24, 2.45) is 0 Å². The van der Waals surface area contributed by atoms with Crippen LogP contribution in [0.25, 0.3) is 0 Å². The van der Waals surface area contributed by atoms with Crippen LogP contribution in [0.1, 0.15) is 46.7 Å². The molecule has 2 aromatic carbocycles. The Morgan fingerprint density at radius 1 is 1.06 bits per heavy atom. The SMILES string of the molecule is O=S(=O)(Cc1cccnn1)c1ccc2c(c1)OCC[C@@H]2c1ccc(C(F)(F)F)cc1CCC(F)F. The van der Waals surface area contributed by atoms with Crippen molar-refractivity contribution in [1.82, 2.24) is 10.2 Å². The van der Waals surface area contributed by atoms with E-state index in [0.29, 0.717) is 23.3 Å². The third-order valence-corrected chi connectivity index (χ3v) is 7.47. The van der Waals surface area contributed by atoms with Gasteiger partial charge in [-0.2, -0.15) is 23.4 Å². The first-order valence-electron chi connectivity index (χ1n) is 10.8. The quantitative estimate of drug-likeness (QED) is 0.387. The third kappa shape index (κ3) is 5.77. The molecule has 0 aliphatic carbocycles. The molecule has 0 N–H and O–H groups in total. The summed E-state index contributed by atoms with van der Waals surface area (Å²) in [5, 5.41) is 7.47. The zero-order valence-electron chi connectivity index (χ0n) is 18.3. The number of aryl methyl sites for hydroxylation is 1. The number of hydrogen-bond acceptors (Lipinski definition) is 5. The topological polar surface area (TPSA) is 69.2 Å². The minimum absolute atomic E-state index is 0.00731. The van der Waals surface area contributed by atoms with E-state index in [0.717, 1.165) is 12.1 Å². The van der Waals surface area contributed by atoms with Crippen molar-refractivity contribution < 1.29 is 35.1 Å². The van der Waals surface area contributed by atoms with Gasteiger partial charge < -0.3 is 4.74 Å². The van der Waals surface area contributed by atoms with Crippen LogP contribution in [0.15, 0.2) is 59.6 Å². The van der Waals surface area contributed by atoms with Crippen LogP contribution < -0.4 is 4.74 Å². The summed E-state index contributed by atoms with van der Waals surface area (Å²) >= 11 is 0. The summed E-state index contributed by atoms with van der Waals surface area (Å²) in [5.41, 5.74) is 0.657. The normalized spacial score (nSPS) is 16.1. The Bertz CT molecular complexity index is 1300. The van der Waals surface area contributed by atoms with E-state index in [2.05, 4.69) is 10.2 Å². The predicted molar refractivity (Wildman–Crippen MR) is 117 cm³/mol. The molecule has 4 rings (SSSR count). The average molecular weight is 513 g/mol. The molecule has 0 spiro atoms. The first kappa shape index (κ1) is 25.0. The zero-order valence-corrected chi connectivity index (χ0v) is 19.1. The van der Waals surface area contributed by atoms with Gasteiger partial charge in [-0.05, 0) is 60.4 Å². The van der Waals surface area contributed by atoms with E-state index in [1.165, 1.54) is 24.4 Å². The van der Waals surface area contributed by atoms with Gasteiger partial charge in [0.25, 0.3) is 0 Å². The summed E-state index contributed by atoms with van der Waals surface area (Å²) in [5.74, 6) is -0.494. The fraction of sp³-hybridized carbons (Fsp3) is 0.333. The molecule has 186 valence electrons. The maximum atomic E-state index is 13.3. The second-order valence-electron chi connectivity index (χ2n) is 8.20. The third-order valence-electron chi connectivity index (χ3n) is 5.83. The highest BCUT2D eigenvalue weighted by Gasteiger charge is 2.33. The molecule has 1 aliphatic rings. The number of nitrogens with zero attached hydrogens (tertiary/aromatic N) is 2. The molecule has 1 atom stereocenters. The molecule has 3 aromatic rings. The van der Waals surface area contributed by atoms with Crippen LogP contribution >= 0.6 is 0 Å². The predicted octanol–water partition coefficient (Wildman–Crippen LogP) is 5.58. The van der Waals surface area contributed by atoms with E-state index in [1.54, 1.807) is 18.2 Å². The van der Waals surface area contributed by atoms with Crippen molar-refractivity contribution in [3.63, 3.8) is 0 Å². The first-order chi connectivity index (χ1) is 16.5. The van der Waals surface area contributed by atoms with Crippen molar-refractivity contribution in [3.05, 3.63) is 82.7 Å². The molecule has 0 saturated carbocycles. The van der Waals surface area contributed by atoms with E-state index in [1.807, 2.05) is 0 Å². The van der Waals surface area contributed by atoms with E-state index in [9.17, 15) is 30.4 Å².